The van der Waals surface area contributed by atoms with E-state index >= 15 is 0 Å². The molecule has 0 radical (unpaired) electrons. The summed E-state index contributed by atoms with van der Waals surface area (Å²) < 4.78 is 23.3. The largest absolute Gasteiger partial charge is 0.493 e. The maximum absolute atomic E-state index is 13.2. The number of methoxy groups -OCH3 is 2. The lowest BCUT2D eigenvalue weighted by Crippen LogP contribution is -2.36. The molecule has 4 aliphatic rings. The molecule has 0 spiro atoms. The summed E-state index contributed by atoms with van der Waals surface area (Å²) >= 11 is 0. The molecule has 43 heavy (non-hydrogen) atoms. The fraction of sp³-hybridized carbons (Fsp3) is 0.424. The average Bonchev–Trinajstić information content (AvgIpc) is 3.51. The van der Waals surface area contributed by atoms with Crippen LogP contribution in [0.25, 0.3) is 0 Å². The van der Waals surface area contributed by atoms with Gasteiger partial charge in [0.15, 0.2) is 23.0 Å². The molecule has 0 unspecified atom stereocenters. The molecule has 2 aromatic rings. The molecule has 0 aromatic heterocycles. The smallest absolute Gasteiger partial charge is 0.257 e. The van der Waals surface area contributed by atoms with Crippen molar-refractivity contribution < 1.29 is 28.5 Å². The number of anilines is 1. The highest BCUT2D eigenvalue weighted by atomic mass is 16.5. The van der Waals surface area contributed by atoms with E-state index in [9.17, 15) is 9.59 Å². The predicted octanol–water partition coefficient (Wildman–Crippen LogP) is 5.01. The third-order valence-electron chi connectivity index (χ3n) is 8.44. The van der Waals surface area contributed by atoms with Gasteiger partial charge < -0.3 is 34.1 Å². The van der Waals surface area contributed by atoms with Crippen LogP contribution in [-0.4, -0.2) is 87.0 Å². The number of nitrogens with zero attached hydrogens (tertiary/aromatic N) is 3. The lowest BCUT2D eigenvalue weighted by molar-refractivity contribution is 0.0750. The number of carbonyl (C=O) groups is 2. The molecule has 2 fully saturated rings. The van der Waals surface area contributed by atoms with Crippen molar-refractivity contribution in [1.29, 1.82) is 0 Å². The topological polar surface area (TPSA) is 102 Å². The number of rotatable bonds is 10. The summed E-state index contributed by atoms with van der Waals surface area (Å²) in [6.07, 6.45) is 5.89. The van der Waals surface area contributed by atoms with E-state index in [1.165, 1.54) is 0 Å². The molecular formula is C33H38N4O6. The summed E-state index contributed by atoms with van der Waals surface area (Å²) in [5.41, 5.74) is 4.56. The first-order valence-electron chi connectivity index (χ1n) is 14.8. The van der Waals surface area contributed by atoms with Crippen LogP contribution in [0.4, 0.5) is 11.4 Å². The second kappa shape index (κ2) is 12.0. The fourth-order valence-corrected chi connectivity index (χ4v) is 6.19. The third-order valence-corrected chi connectivity index (χ3v) is 8.44. The summed E-state index contributed by atoms with van der Waals surface area (Å²) in [5, 5.41) is 3.42. The number of aliphatic imine (C=N–C) groups is 1. The van der Waals surface area contributed by atoms with E-state index in [1.807, 2.05) is 17.2 Å². The molecule has 2 aromatic carbocycles. The van der Waals surface area contributed by atoms with E-state index in [0.717, 1.165) is 48.9 Å². The van der Waals surface area contributed by atoms with E-state index in [0.29, 0.717) is 72.7 Å². The van der Waals surface area contributed by atoms with Gasteiger partial charge in [-0.25, -0.2) is 0 Å². The van der Waals surface area contributed by atoms with Gasteiger partial charge in [0.2, 0.25) is 0 Å². The number of carbonyl (C=O) groups excluding carboxylic acids is 2. The Bertz CT molecular complexity index is 1500. The van der Waals surface area contributed by atoms with Crippen LogP contribution in [0.3, 0.4) is 0 Å². The molecule has 226 valence electrons. The van der Waals surface area contributed by atoms with Crippen molar-refractivity contribution >= 4 is 29.4 Å². The number of benzene rings is 2. The SMILES string of the molecule is C=C1C[C@H]2CNc3cc(OCCCCCOc4cc5c(cc4OC)C(=O)N4CC(=C)C[C@H]4C=N5)c(OC)cc3C(=O)N2C1. The van der Waals surface area contributed by atoms with Gasteiger partial charge in [0.25, 0.3) is 11.8 Å². The molecule has 10 heteroatoms. The van der Waals surface area contributed by atoms with Gasteiger partial charge in [-0.2, -0.15) is 0 Å². The molecule has 2 atom stereocenters. The van der Waals surface area contributed by atoms with Crippen LogP contribution in [0.1, 0.15) is 52.8 Å². The molecule has 4 heterocycles. The monoisotopic (exact) mass is 586 g/mol. The van der Waals surface area contributed by atoms with E-state index in [2.05, 4.69) is 23.5 Å². The maximum Gasteiger partial charge on any atom is 0.257 e. The number of nitrogens with one attached hydrogen (secondary N) is 1. The first kappa shape index (κ1) is 28.6. The van der Waals surface area contributed by atoms with Gasteiger partial charge in [0.1, 0.15) is 0 Å². The number of amides is 2. The minimum absolute atomic E-state index is 0.00960. The zero-order valence-corrected chi connectivity index (χ0v) is 24.8. The molecule has 1 N–H and O–H groups in total. The number of hydrogen-bond acceptors (Lipinski definition) is 8. The standard InChI is InChI=1S/C33H38N4O6/c1-20-10-22-16-34-26-14-30(28(40-3)12-24(26)32(38)36(22)18-20)42-8-6-5-7-9-43-31-15-27-25(13-29(31)41-4)33(39)37-19-21(2)11-23(37)17-35-27/h12-16,22-23,35H,1-2,5-11,17-19H2,3-4H3/t22-,23-/m0/s1. The predicted molar refractivity (Wildman–Crippen MR) is 165 cm³/mol. The van der Waals surface area contributed by atoms with E-state index in [-0.39, 0.29) is 23.9 Å². The Hall–Kier alpha value is -4.47. The van der Waals surface area contributed by atoms with Crippen molar-refractivity contribution in [3.05, 3.63) is 59.7 Å². The van der Waals surface area contributed by atoms with Crippen LogP contribution in [0.5, 0.6) is 23.0 Å². The Labute approximate surface area is 251 Å². The molecule has 2 saturated heterocycles. The van der Waals surface area contributed by atoms with Gasteiger partial charge in [-0.05, 0) is 44.2 Å². The zero-order valence-electron chi connectivity index (χ0n) is 24.8. The highest BCUT2D eigenvalue weighted by Gasteiger charge is 2.36. The third kappa shape index (κ3) is 5.66. The lowest BCUT2D eigenvalue weighted by Gasteiger charge is -2.21. The van der Waals surface area contributed by atoms with Crippen molar-refractivity contribution in [2.45, 2.75) is 44.2 Å². The number of unbranched alkanes of at least 4 members (excludes halogenated alkanes) is 2. The van der Waals surface area contributed by atoms with Gasteiger partial charge in [0.05, 0.1) is 62.0 Å². The quantitative estimate of drug-likeness (QED) is 0.308. The van der Waals surface area contributed by atoms with Crippen LogP contribution >= 0.6 is 0 Å². The maximum atomic E-state index is 13.2. The Morgan fingerprint density at radius 1 is 0.814 bits per heavy atom. The van der Waals surface area contributed by atoms with Crippen LogP contribution in [0, 0.1) is 0 Å². The number of hydrogen-bond donors (Lipinski definition) is 1. The zero-order chi connectivity index (χ0) is 30.1. The second-order valence-corrected chi connectivity index (χ2v) is 11.5. The van der Waals surface area contributed by atoms with E-state index in [1.54, 1.807) is 37.3 Å². The molecule has 6 rings (SSSR count). The molecule has 4 aliphatic heterocycles. The van der Waals surface area contributed by atoms with Crippen molar-refractivity contribution in [1.82, 2.24) is 9.80 Å². The van der Waals surface area contributed by atoms with Crippen molar-refractivity contribution in [2.75, 3.05) is 52.4 Å². The number of ether oxygens (including phenoxy) is 4. The Morgan fingerprint density at radius 2 is 1.44 bits per heavy atom. The van der Waals surface area contributed by atoms with Gasteiger partial charge in [-0.15, -0.1) is 0 Å². The van der Waals surface area contributed by atoms with Crippen molar-refractivity contribution in [3.63, 3.8) is 0 Å². The van der Waals surface area contributed by atoms with Gasteiger partial charge in [-0.3, -0.25) is 14.6 Å². The number of fused-ring (bicyclic) bond motifs is 4. The average molecular weight is 587 g/mol. The first-order valence-corrected chi connectivity index (χ1v) is 14.8. The molecular weight excluding hydrogens is 548 g/mol. The molecule has 0 bridgehead atoms. The van der Waals surface area contributed by atoms with Crippen LogP contribution in [0.15, 0.2) is 53.6 Å². The minimum Gasteiger partial charge on any atom is -0.493 e. The minimum atomic E-state index is -0.0684. The van der Waals surface area contributed by atoms with E-state index in [4.69, 9.17) is 18.9 Å². The second-order valence-electron chi connectivity index (χ2n) is 11.5. The lowest BCUT2D eigenvalue weighted by atomic mass is 10.1. The van der Waals surface area contributed by atoms with Gasteiger partial charge in [-0.1, -0.05) is 24.3 Å². The summed E-state index contributed by atoms with van der Waals surface area (Å²) in [5.74, 6) is 2.14. The first-order chi connectivity index (χ1) is 20.9. The molecule has 0 saturated carbocycles. The summed E-state index contributed by atoms with van der Waals surface area (Å²) in [6.45, 7) is 10.9. The summed E-state index contributed by atoms with van der Waals surface area (Å²) in [6, 6.07) is 7.19. The van der Waals surface area contributed by atoms with Crippen LogP contribution in [-0.2, 0) is 0 Å². The molecule has 2 amide bonds. The van der Waals surface area contributed by atoms with Crippen molar-refractivity contribution in [2.24, 2.45) is 4.99 Å². The highest BCUT2D eigenvalue weighted by Crippen LogP contribution is 2.39. The normalized spacial score (nSPS) is 20.5. The molecule has 0 aliphatic carbocycles. The molecule has 10 nitrogen and oxygen atoms in total. The van der Waals surface area contributed by atoms with Crippen LogP contribution in [0.2, 0.25) is 0 Å². The Morgan fingerprint density at radius 3 is 2.16 bits per heavy atom. The summed E-state index contributed by atoms with van der Waals surface area (Å²) in [4.78, 5) is 34.7. The Balaban J connectivity index is 1.01. The van der Waals surface area contributed by atoms with Crippen LogP contribution < -0.4 is 24.3 Å². The van der Waals surface area contributed by atoms with Gasteiger partial charge >= 0.3 is 0 Å². The van der Waals surface area contributed by atoms with Crippen molar-refractivity contribution in [3.8, 4) is 23.0 Å². The van der Waals surface area contributed by atoms with Gasteiger partial charge in [0, 0.05) is 38.0 Å². The Kier molecular flexibility index (Phi) is 8.01. The highest BCUT2D eigenvalue weighted by molar-refractivity contribution is 6.04. The summed E-state index contributed by atoms with van der Waals surface area (Å²) in [7, 11) is 3.15. The fourth-order valence-electron chi connectivity index (χ4n) is 6.19. The van der Waals surface area contributed by atoms with E-state index < -0.39 is 0 Å².